The van der Waals surface area contributed by atoms with Crippen molar-refractivity contribution in [3.8, 4) is 0 Å². The summed E-state index contributed by atoms with van der Waals surface area (Å²) in [5.74, 6) is 0. The van der Waals surface area contributed by atoms with Crippen molar-refractivity contribution in [1.82, 2.24) is 5.43 Å². The summed E-state index contributed by atoms with van der Waals surface area (Å²) in [6, 6.07) is 0. The Morgan fingerprint density at radius 3 is 2.75 bits per heavy atom. The fourth-order valence-electron chi connectivity index (χ4n) is 0.261. The molecule has 0 unspecified atom stereocenters. The van der Waals surface area contributed by atoms with Gasteiger partial charge in [-0.3, -0.25) is 5.43 Å². The van der Waals surface area contributed by atoms with E-state index in [4.69, 9.17) is 5.73 Å². The highest BCUT2D eigenvalue weighted by molar-refractivity contribution is 8.16. The third-order valence-corrected chi connectivity index (χ3v) is 1.11. The molecule has 0 aromatic carbocycles. The first-order valence-corrected chi connectivity index (χ1v) is 2.68. The number of halogens is 1. The maximum Gasteiger partial charge on any atom is 0.182 e. The van der Waals surface area contributed by atoms with E-state index in [9.17, 15) is 0 Å². The molecule has 1 aliphatic heterocycles. The van der Waals surface area contributed by atoms with Crippen LogP contribution in [0, 0.1) is 0 Å². The molecule has 3 N–H and O–H groups in total. The van der Waals surface area contributed by atoms with Crippen LogP contribution in [0.3, 0.4) is 0 Å². The highest BCUT2D eigenvalue weighted by atomic mass is 35.5. The number of rotatable bonds is 0. The van der Waals surface area contributed by atoms with Crippen LogP contribution in [0.2, 0.25) is 0 Å². The highest BCUT2D eigenvalue weighted by Crippen LogP contribution is 2.02. The first kappa shape index (κ1) is 7.65. The van der Waals surface area contributed by atoms with E-state index in [-0.39, 0.29) is 12.4 Å². The molecule has 0 saturated heterocycles. The normalized spacial score (nSPS) is 15.8. The number of nitrogens with one attached hydrogen (secondary N) is 1. The molecule has 1 heterocycles. The molecule has 0 aromatic rings. The van der Waals surface area contributed by atoms with Gasteiger partial charge in [-0.15, -0.1) is 12.4 Å². The molecule has 0 aliphatic carbocycles. The van der Waals surface area contributed by atoms with Gasteiger partial charge in [0.2, 0.25) is 0 Å². The lowest BCUT2D eigenvalue weighted by Crippen LogP contribution is -2.12. The standard InChI is InChI=1S/C3H5N3S.ClH/c4-3-6-5-1-2-7-3;/h1-2,5H,(H2,4,6);1H. The van der Waals surface area contributed by atoms with Gasteiger partial charge in [0, 0.05) is 6.20 Å². The molecular weight excluding hydrogens is 146 g/mol. The van der Waals surface area contributed by atoms with Crippen LogP contribution in [-0.2, 0) is 0 Å². The van der Waals surface area contributed by atoms with Crippen molar-refractivity contribution >= 4 is 29.3 Å². The Bertz CT molecular complexity index is 122. The van der Waals surface area contributed by atoms with E-state index in [0.717, 1.165) is 0 Å². The molecule has 0 radical (unpaired) electrons. The van der Waals surface area contributed by atoms with E-state index < -0.39 is 0 Å². The summed E-state index contributed by atoms with van der Waals surface area (Å²) < 4.78 is 0. The number of amidine groups is 1. The molecule has 0 fully saturated rings. The molecule has 1 rings (SSSR count). The van der Waals surface area contributed by atoms with E-state index in [0.29, 0.717) is 5.17 Å². The second-order valence-electron chi connectivity index (χ2n) is 1.000. The summed E-state index contributed by atoms with van der Waals surface area (Å²) in [4.78, 5) is 0. The molecule has 0 bridgehead atoms. The third kappa shape index (κ3) is 2.09. The predicted octanol–water partition coefficient (Wildman–Crippen LogP) is 0.446. The number of nitrogens with zero attached hydrogens (tertiary/aromatic N) is 1. The zero-order valence-corrected chi connectivity index (χ0v) is 5.63. The monoisotopic (exact) mass is 151 g/mol. The van der Waals surface area contributed by atoms with Gasteiger partial charge in [0.1, 0.15) is 0 Å². The number of hydrogen-bond acceptors (Lipinski definition) is 4. The van der Waals surface area contributed by atoms with Crippen LogP contribution >= 0.6 is 24.2 Å². The predicted molar refractivity (Wildman–Crippen MR) is 38.7 cm³/mol. The molecule has 0 amide bonds. The Morgan fingerprint density at radius 1 is 1.75 bits per heavy atom. The third-order valence-electron chi connectivity index (χ3n) is 0.506. The van der Waals surface area contributed by atoms with E-state index in [1.165, 1.54) is 11.8 Å². The first-order valence-electron chi connectivity index (χ1n) is 1.80. The van der Waals surface area contributed by atoms with Gasteiger partial charge >= 0.3 is 0 Å². The van der Waals surface area contributed by atoms with E-state index in [1.807, 2.05) is 5.41 Å². The minimum atomic E-state index is 0. The largest absolute Gasteiger partial charge is 0.377 e. The van der Waals surface area contributed by atoms with Crippen LogP contribution < -0.4 is 11.2 Å². The van der Waals surface area contributed by atoms with Crippen molar-refractivity contribution in [2.75, 3.05) is 0 Å². The van der Waals surface area contributed by atoms with Crippen molar-refractivity contribution in [1.29, 1.82) is 0 Å². The summed E-state index contributed by atoms with van der Waals surface area (Å²) in [6.07, 6.45) is 1.72. The van der Waals surface area contributed by atoms with Crippen LogP contribution in [-0.4, -0.2) is 5.17 Å². The highest BCUT2D eigenvalue weighted by Gasteiger charge is 1.89. The van der Waals surface area contributed by atoms with Crippen LogP contribution in [0.4, 0.5) is 0 Å². The summed E-state index contributed by atoms with van der Waals surface area (Å²) in [5.41, 5.74) is 7.83. The molecule has 0 atom stereocenters. The lowest BCUT2D eigenvalue weighted by atomic mass is 11.0. The van der Waals surface area contributed by atoms with E-state index in [2.05, 4.69) is 10.5 Å². The fourth-order valence-corrected chi connectivity index (χ4v) is 0.635. The zero-order chi connectivity index (χ0) is 5.11. The topological polar surface area (TPSA) is 50.4 Å². The molecule has 5 heteroatoms. The van der Waals surface area contributed by atoms with Crippen molar-refractivity contribution < 1.29 is 0 Å². The van der Waals surface area contributed by atoms with Gasteiger partial charge in [-0.1, -0.05) is 11.8 Å². The van der Waals surface area contributed by atoms with Crippen molar-refractivity contribution in [3.63, 3.8) is 0 Å². The summed E-state index contributed by atoms with van der Waals surface area (Å²) in [5, 5.41) is 6.04. The Kier molecular flexibility index (Phi) is 3.47. The fraction of sp³-hybridized carbons (Fsp3) is 0. The second kappa shape index (κ2) is 3.63. The van der Waals surface area contributed by atoms with Gasteiger partial charge in [0.05, 0.1) is 0 Å². The van der Waals surface area contributed by atoms with Crippen LogP contribution in [0.15, 0.2) is 16.7 Å². The Morgan fingerprint density at radius 2 is 2.50 bits per heavy atom. The second-order valence-corrected chi connectivity index (χ2v) is 1.93. The summed E-state index contributed by atoms with van der Waals surface area (Å²) in [7, 11) is 0. The SMILES string of the molecule is Cl.NC1=NNC=CS1. The van der Waals surface area contributed by atoms with Gasteiger partial charge in [-0.25, -0.2) is 0 Å². The molecule has 0 spiro atoms. The van der Waals surface area contributed by atoms with Crippen molar-refractivity contribution in [2.45, 2.75) is 0 Å². The average Bonchev–Trinajstić information content (AvgIpc) is 1.69. The van der Waals surface area contributed by atoms with E-state index in [1.54, 1.807) is 6.20 Å². The maximum absolute atomic E-state index is 5.23. The Balaban J connectivity index is 0.000000490. The van der Waals surface area contributed by atoms with E-state index >= 15 is 0 Å². The summed E-state index contributed by atoms with van der Waals surface area (Å²) >= 11 is 1.40. The Labute approximate surface area is 57.8 Å². The number of thioether (sulfide) groups is 1. The smallest absolute Gasteiger partial charge is 0.182 e. The van der Waals surface area contributed by atoms with Crippen LogP contribution in [0.5, 0.6) is 0 Å². The lowest BCUT2D eigenvalue weighted by Gasteiger charge is -1.98. The molecule has 1 aliphatic rings. The van der Waals surface area contributed by atoms with Crippen molar-refractivity contribution in [2.24, 2.45) is 10.8 Å². The quantitative estimate of drug-likeness (QED) is 0.529. The van der Waals surface area contributed by atoms with Crippen molar-refractivity contribution in [3.05, 3.63) is 11.6 Å². The molecule has 3 nitrogen and oxygen atoms in total. The Hall–Kier alpha value is -0.350. The average molecular weight is 152 g/mol. The van der Waals surface area contributed by atoms with Crippen LogP contribution in [0.25, 0.3) is 0 Å². The number of nitrogens with two attached hydrogens (primary N) is 1. The summed E-state index contributed by atoms with van der Waals surface area (Å²) in [6.45, 7) is 0. The minimum absolute atomic E-state index is 0. The minimum Gasteiger partial charge on any atom is -0.377 e. The number of hydrogen-bond donors (Lipinski definition) is 2. The zero-order valence-electron chi connectivity index (χ0n) is 4.00. The molecule has 46 valence electrons. The molecule has 0 saturated carbocycles. The van der Waals surface area contributed by atoms with Crippen LogP contribution in [0.1, 0.15) is 0 Å². The van der Waals surface area contributed by atoms with Gasteiger partial charge in [-0.05, 0) is 5.41 Å². The van der Waals surface area contributed by atoms with Gasteiger partial charge in [-0.2, -0.15) is 5.10 Å². The molecular formula is C3H6ClN3S. The van der Waals surface area contributed by atoms with Gasteiger partial charge in [0.25, 0.3) is 0 Å². The molecule has 0 aromatic heterocycles. The first-order chi connectivity index (χ1) is 3.39. The van der Waals surface area contributed by atoms with Gasteiger partial charge in [0.15, 0.2) is 5.17 Å². The lowest BCUT2D eigenvalue weighted by molar-refractivity contribution is 0.969. The maximum atomic E-state index is 5.23. The molecule has 8 heavy (non-hydrogen) atoms. The number of hydrazone groups is 1. The van der Waals surface area contributed by atoms with Gasteiger partial charge < -0.3 is 5.73 Å².